The average Bonchev–Trinajstić information content (AvgIpc) is 1.58. The number of hydrogen-bond donors (Lipinski definition) is 9. The number of nitrogens with one attached hydrogen (secondary N) is 8. The molecular formula is C81H115BrCl2N12O22S3. The first-order valence-corrected chi connectivity index (χ1v) is 45.8. The molecule has 0 bridgehead atoms. The number of rotatable bonds is 26. The van der Waals surface area contributed by atoms with E-state index in [4.69, 9.17) is 50.5 Å². The van der Waals surface area contributed by atoms with Gasteiger partial charge in [-0.3, -0.25) is 37.1 Å². The number of nitrogens with zero attached hydrogens (tertiary/aromatic N) is 3. The van der Waals surface area contributed by atoms with Crippen molar-refractivity contribution in [2.75, 3.05) is 43.9 Å². The minimum absolute atomic E-state index is 0.00997. The van der Waals surface area contributed by atoms with Crippen molar-refractivity contribution in [1.82, 2.24) is 45.8 Å². The maximum Gasteiger partial charge on any atom is 0.408 e. The molecule has 5 aromatic rings. The van der Waals surface area contributed by atoms with Crippen molar-refractivity contribution in [3.8, 4) is 5.75 Å². The van der Waals surface area contributed by atoms with E-state index in [2.05, 4.69) is 67.1 Å². The smallest absolute Gasteiger partial charge is 0.408 e. The van der Waals surface area contributed by atoms with Gasteiger partial charge in [-0.05, 0) is 179 Å². The third-order valence-electron chi connectivity index (χ3n) is 20.8. The van der Waals surface area contributed by atoms with Gasteiger partial charge in [0, 0.05) is 59.9 Å². The number of nitrogens with two attached hydrogens (primary N) is 1. The molecule has 7 amide bonds. The molecule has 0 unspecified atom stereocenters. The van der Waals surface area contributed by atoms with E-state index in [1.807, 2.05) is 38.5 Å². The number of para-hydroxylation sites is 2. The normalized spacial score (nSPS) is 22.5. The fourth-order valence-corrected chi connectivity index (χ4v) is 17.6. The van der Waals surface area contributed by atoms with Gasteiger partial charge in [-0.25, -0.2) is 33.4 Å². The summed E-state index contributed by atoms with van der Waals surface area (Å²) in [5.74, 6) is -2.87. The lowest BCUT2D eigenvalue weighted by Crippen LogP contribution is -2.60. The maximum absolute atomic E-state index is 14.6. The molecule has 6 aliphatic rings. The molecule has 3 aromatic carbocycles. The van der Waals surface area contributed by atoms with Gasteiger partial charge in [0.1, 0.15) is 69.9 Å². The number of alkyl carbamates (subject to hydrolysis) is 2. The van der Waals surface area contributed by atoms with Crippen LogP contribution in [0.15, 0.2) is 87.0 Å². The fraction of sp³-hybridized carbons (Fsp3) is 0.605. The molecule has 11 rings (SSSR count). The van der Waals surface area contributed by atoms with Crippen molar-refractivity contribution in [2.45, 2.75) is 264 Å². The molecule has 2 aliphatic heterocycles. The summed E-state index contributed by atoms with van der Waals surface area (Å²) in [6.45, 7) is 32.7. The molecule has 4 saturated carbocycles. The summed E-state index contributed by atoms with van der Waals surface area (Å²) < 4.78 is 113. The number of likely N-dealkylation sites (tertiary alicyclic amines) is 2. The number of carbonyl (C=O) groups excluding carboxylic acids is 8. The van der Waals surface area contributed by atoms with E-state index >= 15 is 0 Å². The van der Waals surface area contributed by atoms with Gasteiger partial charge < -0.3 is 65.6 Å². The predicted molar refractivity (Wildman–Crippen MR) is 459 cm³/mol. The molecule has 10 atom stereocenters. The molecule has 121 heavy (non-hydrogen) atoms. The Morgan fingerprint density at radius 1 is 0.636 bits per heavy atom. The molecule has 4 aliphatic carbocycles. The third-order valence-corrected chi connectivity index (χ3v) is 25.0. The molecule has 2 saturated heterocycles. The Hall–Kier alpha value is -8.21. The zero-order valence-corrected chi connectivity index (χ0v) is 77.3. The summed E-state index contributed by atoms with van der Waals surface area (Å²) in [7, 11) is -11.2. The van der Waals surface area contributed by atoms with Crippen LogP contribution in [0.4, 0.5) is 21.2 Å². The molecule has 34 nitrogen and oxygen atoms in total. The number of pyridine rings is 2. The lowest BCUT2D eigenvalue weighted by Gasteiger charge is -2.36. The van der Waals surface area contributed by atoms with E-state index in [1.54, 1.807) is 152 Å². The van der Waals surface area contributed by atoms with E-state index in [-0.39, 0.29) is 54.5 Å². The number of H-pyrrole nitrogens is 1. The first kappa shape index (κ1) is 98.2. The van der Waals surface area contributed by atoms with Crippen molar-refractivity contribution in [3.63, 3.8) is 0 Å². The predicted octanol–water partition coefficient (Wildman–Crippen LogP) is 10.7. The molecule has 0 radical (unpaired) electrons. The van der Waals surface area contributed by atoms with Crippen LogP contribution in [0, 0.1) is 22.7 Å². The summed E-state index contributed by atoms with van der Waals surface area (Å²) >= 11 is 15.8. The second kappa shape index (κ2) is 38.1. The Kier molecular flexibility index (Phi) is 30.9. The highest BCUT2D eigenvalue weighted by molar-refractivity contribution is 9.10. The zero-order valence-electron chi connectivity index (χ0n) is 71.7. The quantitative estimate of drug-likeness (QED) is 0.0141. The number of halogens is 3. The Balaban J connectivity index is 0.000000238. The Morgan fingerprint density at radius 3 is 1.56 bits per heavy atom. The van der Waals surface area contributed by atoms with Crippen LogP contribution >= 0.6 is 39.1 Å². The Labute approximate surface area is 725 Å². The Morgan fingerprint density at radius 2 is 1.11 bits per heavy atom. The number of esters is 1. The highest BCUT2D eigenvalue weighted by Gasteiger charge is 2.64. The van der Waals surface area contributed by atoms with Crippen LogP contribution in [0.5, 0.6) is 5.75 Å². The molecule has 10 N–H and O–H groups in total. The van der Waals surface area contributed by atoms with Gasteiger partial charge in [-0.2, -0.15) is 25.3 Å². The monoisotopic (exact) mass is 1850 g/mol. The first-order chi connectivity index (χ1) is 55.9. The summed E-state index contributed by atoms with van der Waals surface area (Å²) in [5, 5.41) is 24.0. The molecular weight excluding hydrogens is 1740 g/mol. The summed E-state index contributed by atoms with van der Waals surface area (Å²) in [6.07, 6.45) is 0.712. The highest BCUT2D eigenvalue weighted by atomic mass is 79.9. The number of fused-ring (bicyclic) bond motifs is 2. The van der Waals surface area contributed by atoms with Gasteiger partial charge >= 0.3 is 38.8 Å². The summed E-state index contributed by atoms with van der Waals surface area (Å²) in [4.78, 5) is 131. The van der Waals surface area contributed by atoms with Crippen molar-refractivity contribution in [1.29, 1.82) is 0 Å². The van der Waals surface area contributed by atoms with Crippen LogP contribution in [0.2, 0.25) is 10.0 Å². The van der Waals surface area contributed by atoms with Gasteiger partial charge in [-0.15, -0.1) is 0 Å². The first-order valence-electron chi connectivity index (χ1n) is 39.9. The van der Waals surface area contributed by atoms with E-state index in [0.29, 0.717) is 92.4 Å². The van der Waals surface area contributed by atoms with E-state index < -0.39 is 159 Å². The topological polar surface area (TPSA) is 466 Å². The number of hydrogen-bond acceptors (Lipinski definition) is 25. The standard InChI is InChI=1S/C37H53ClN6O9S.C29H42BrN3O9S.C11H11ClN2O.C4H9NO3S/c1-10-21-19-37(21,32(47)43-54(49,50)53-36(9)15-16-36)42-30(45)25-17-22(51-26-18-27(39-11-2)40-28-23(26)13-12-14-24(28)38)20-44(25)31(46)29(34(3,4)5)41-33(48)52-35(6,7)8;1-9-17-15-29(17,25(36)40-8)32-23(34)21-14-19(42-43(38,39)20-12-10-18(30)11-13-20)16-33(21)24(35)22(27(2,3)4)31-26(37)41-28(5,6)7;1-2-13-10-6-9(15)7-4-3-5-8(12)11(7)14-10;1-4(2-3-4)8-9(5,6)7/h12-14,18,21-22,25,29H,10-11,15-17,19-20H2,1-9H3,(H,39,40)(H,41,48)(H,42,45)(H,43,47);10-13,17,19,21-22H,9,14-16H2,1-8H3,(H,31,37)(H,32,34);3-6H,2H2,1H3,(H2,13,14,15);2-3H2,1H3,(H2,5,6,7)/t21-,22-,25+,29-,37-;17-,19+,21+,22-,29-;;/m11../s1. The number of amides is 7. The van der Waals surface area contributed by atoms with Gasteiger partial charge in [0.15, 0.2) is 5.43 Å². The van der Waals surface area contributed by atoms with Crippen LogP contribution in [0.25, 0.3) is 21.8 Å². The minimum Gasteiger partial charge on any atom is -0.488 e. The number of aromatic nitrogens is 2. The average molecular weight is 1860 g/mol. The number of methoxy groups -OCH3 is 1. The number of anilines is 2. The summed E-state index contributed by atoms with van der Waals surface area (Å²) in [6, 6.07) is 15.1. The summed E-state index contributed by atoms with van der Waals surface area (Å²) in [5.41, 5.74) is -6.27. The molecule has 6 fully saturated rings. The van der Waals surface area contributed by atoms with Crippen LogP contribution in [-0.4, -0.2) is 196 Å². The molecule has 4 heterocycles. The lowest BCUT2D eigenvalue weighted by atomic mass is 9.85. The van der Waals surface area contributed by atoms with Crippen LogP contribution in [0.1, 0.15) is 189 Å². The highest BCUT2D eigenvalue weighted by Crippen LogP contribution is 2.49. The van der Waals surface area contributed by atoms with E-state index in [0.717, 1.165) is 19.4 Å². The largest absolute Gasteiger partial charge is 0.488 e. The van der Waals surface area contributed by atoms with Gasteiger partial charge in [0.2, 0.25) is 23.6 Å². The molecule has 670 valence electrons. The number of ether oxygens (including phenoxy) is 4. The number of carbonyl (C=O) groups is 8. The number of aromatic amines is 1. The Bertz CT molecular complexity index is 5110. The van der Waals surface area contributed by atoms with Crippen LogP contribution < -0.4 is 51.9 Å². The van der Waals surface area contributed by atoms with Crippen molar-refractivity contribution in [2.24, 2.45) is 27.8 Å². The second-order valence-electron chi connectivity index (χ2n) is 35.6. The number of benzene rings is 3. The molecule has 40 heteroatoms. The van der Waals surface area contributed by atoms with Crippen molar-refractivity contribution >= 4 is 151 Å². The van der Waals surface area contributed by atoms with Crippen molar-refractivity contribution < 1.29 is 95.1 Å². The van der Waals surface area contributed by atoms with Crippen LogP contribution in [-0.2, 0) is 86.3 Å². The van der Waals surface area contributed by atoms with E-state index in [9.17, 15) is 68.4 Å². The maximum atomic E-state index is 14.6. The van der Waals surface area contributed by atoms with E-state index in [1.165, 1.54) is 29.0 Å². The zero-order chi connectivity index (χ0) is 90.5. The minimum atomic E-state index is -4.46. The lowest BCUT2D eigenvalue weighted by molar-refractivity contribution is -0.148. The molecule has 2 aromatic heterocycles. The third kappa shape index (κ3) is 26.4. The fourth-order valence-electron chi connectivity index (χ4n) is 14.0. The SMILES string of the molecule is CC1(OS(N)(=O)=O)CC1.CCNc1cc(=O)c2cccc(Cl)c2[nH]1.CCNc1cc(O[C@@H]2C[C@@H](C(=O)N[C@]3(C(=O)NS(=O)(=O)OC4(C)CC4)C[C@H]3CC)N(C(=O)[C@@H](NC(=O)OC(C)(C)C)C(C)(C)C)C2)c2cccc(Cl)c2n1.CC[C@@H]1C[C@]1(NC(=O)[C@@H]1C[C@H](OS(=O)(=O)c2ccc(Br)cc2)CN1C(=O)[C@@H](NC(=O)OC(C)(C)C)C(C)(C)C)C(=O)OC. The van der Waals surface area contributed by atoms with Gasteiger partial charge in [0.05, 0.1) is 56.9 Å². The van der Waals surface area contributed by atoms with Gasteiger partial charge in [0.25, 0.3) is 16.0 Å². The van der Waals surface area contributed by atoms with Crippen molar-refractivity contribution in [3.05, 3.63) is 97.5 Å². The molecule has 0 spiro atoms. The second-order valence-corrected chi connectivity index (χ2v) is 41.4. The van der Waals surface area contributed by atoms with Crippen LogP contribution in [0.3, 0.4) is 0 Å². The van der Waals surface area contributed by atoms with Gasteiger partial charge in [-0.1, -0.05) is 119 Å².